The maximum Gasteiger partial charge on any atom is 0.228 e. The van der Waals surface area contributed by atoms with Gasteiger partial charge < -0.3 is 5.32 Å². The number of benzene rings is 1. The number of hydrogen-bond acceptors (Lipinski definition) is 4. The molecule has 0 spiro atoms. The Hall–Kier alpha value is -2.18. The molecule has 118 valence electrons. The van der Waals surface area contributed by atoms with E-state index >= 15 is 0 Å². The number of aromatic nitrogens is 3. The summed E-state index contributed by atoms with van der Waals surface area (Å²) in [6.07, 6.45) is 4.03. The molecule has 1 N–H and O–H groups in total. The Kier molecular flexibility index (Phi) is 4.73. The van der Waals surface area contributed by atoms with Gasteiger partial charge in [-0.3, -0.25) is 9.48 Å². The van der Waals surface area contributed by atoms with E-state index in [1.165, 1.54) is 11.3 Å². The number of carbonyl (C=O) groups excluding carboxylic acids is 1. The van der Waals surface area contributed by atoms with Gasteiger partial charge in [0.2, 0.25) is 5.91 Å². The molecular formula is C16H15ClN4OS. The summed E-state index contributed by atoms with van der Waals surface area (Å²) in [5.41, 5.74) is 2.70. The summed E-state index contributed by atoms with van der Waals surface area (Å²) in [4.78, 5) is 16.4. The van der Waals surface area contributed by atoms with E-state index in [-0.39, 0.29) is 5.91 Å². The first-order chi connectivity index (χ1) is 11.1. The van der Waals surface area contributed by atoms with Crippen molar-refractivity contribution < 1.29 is 4.79 Å². The number of thiazole rings is 1. The van der Waals surface area contributed by atoms with Crippen molar-refractivity contribution in [3.8, 4) is 11.3 Å². The fraction of sp³-hybridized carbons (Fsp3) is 0.188. The summed E-state index contributed by atoms with van der Waals surface area (Å²) in [5.74, 6) is -0.0850. The molecule has 3 aromatic rings. The molecule has 7 heteroatoms. The van der Waals surface area contributed by atoms with Gasteiger partial charge in [0.15, 0.2) is 5.13 Å². The van der Waals surface area contributed by atoms with E-state index in [2.05, 4.69) is 15.4 Å². The highest BCUT2D eigenvalue weighted by molar-refractivity contribution is 7.14. The third-order valence-electron chi connectivity index (χ3n) is 3.23. The largest absolute Gasteiger partial charge is 0.302 e. The number of aryl methyl sites for hydroxylation is 2. The SMILES string of the molecule is Cc1cnn(CCC(=O)Nc2nc(-c3ccccc3Cl)cs2)c1. The number of amides is 1. The highest BCUT2D eigenvalue weighted by Gasteiger charge is 2.10. The summed E-state index contributed by atoms with van der Waals surface area (Å²) in [5, 5.41) is 10.1. The molecule has 5 nitrogen and oxygen atoms in total. The van der Waals surface area contributed by atoms with Crippen molar-refractivity contribution in [2.24, 2.45) is 0 Å². The molecule has 0 fully saturated rings. The van der Waals surface area contributed by atoms with E-state index in [0.717, 1.165) is 16.8 Å². The fourth-order valence-corrected chi connectivity index (χ4v) is 3.07. The van der Waals surface area contributed by atoms with Gasteiger partial charge in [-0.05, 0) is 18.6 Å². The lowest BCUT2D eigenvalue weighted by Gasteiger charge is -2.02. The zero-order valence-corrected chi connectivity index (χ0v) is 14.1. The number of hydrogen-bond donors (Lipinski definition) is 1. The van der Waals surface area contributed by atoms with Gasteiger partial charge in [0.05, 0.1) is 11.9 Å². The second-order valence-corrected chi connectivity index (χ2v) is 6.36. The topological polar surface area (TPSA) is 59.8 Å². The van der Waals surface area contributed by atoms with E-state index in [1.54, 1.807) is 10.9 Å². The molecule has 0 saturated carbocycles. The van der Waals surface area contributed by atoms with Gasteiger partial charge in [-0.25, -0.2) is 4.98 Å². The van der Waals surface area contributed by atoms with E-state index in [4.69, 9.17) is 11.6 Å². The van der Waals surface area contributed by atoms with Crippen molar-refractivity contribution >= 4 is 34.0 Å². The molecule has 0 aliphatic carbocycles. The summed E-state index contributed by atoms with van der Waals surface area (Å²) < 4.78 is 1.76. The van der Waals surface area contributed by atoms with Crippen LogP contribution in [0.2, 0.25) is 5.02 Å². The minimum Gasteiger partial charge on any atom is -0.302 e. The van der Waals surface area contributed by atoms with E-state index in [1.807, 2.05) is 42.8 Å². The van der Waals surface area contributed by atoms with Gasteiger partial charge in [-0.15, -0.1) is 11.3 Å². The van der Waals surface area contributed by atoms with Crippen LogP contribution in [-0.4, -0.2) is 20.7 Å². The smallest absolute Gasteiger partial charge is 0.228 e. The third-order valence-corrected chi connectivity index (χ3v) is 4.32. The molecule has 1 amide bonds. The number of nitrogens with zero attached hydrogens (tertiary/aromatic N) is 3. The average molecular weight is 347 g/mol. The van der Waals surface area contributed by atoms with Crippen LogP contribution in [0.15, 0.2) is 42.0 Å². The van der Waals surface area contributed by atoms with Gasteiger partial charge >= 0.3 is 0 Å². The van der Waals surface area contributed by atoms with Crippen molar-refractivity contribution in [2.45, 2.75) is 19.9 Å². The summed E-state index contributed by atoms with van der Waals surface area (Å²) in [7, 11) is 0. The minimum absolute atomic E-state index is 0.0850. The van der Waals surface area contributed by atoms with Crippen LogP contribution in [0.3, 0.4) is 0 Å². The Morgan fingerprint density at radius 1 is 1.39 bits per heavy atom. The number of nitrogens with one attached hydrogen (secondary N) is 1. The monoisotopic (exact) mass is 346 g/mol. The zero-order valence-electron chi connectivity index (χ0n) is 12.5. The Bertz CT molecular complexity index is 827. The number of carbonyl (C=O) groups is 1. The zero-order chi connectivity index (χ0) is 16.2. The molecule has 1 aromatic carbocycles. The number of rotatable bonds is 5. The van der Waals surface area contributed by atoms with Gasteiger partial charge in [-0.2, -0.15) is 5.10 Å². The first kappa shape index (κ1) is 15.7. The third kappa shape index (κ3) is 3.97. The van der Waals surface area contributed by atoms with Crippen molar-refractivity contribution in [2.75, 3.05) is 5.32 Å². The molecule has 23 heavy (non-hydrogen) atoms. The van der Waals surface area contributed by atoms with E-state index in [0.29, 0.717) is 23.1 Å². The highest BCUT2D eigenvalue weighted by atomic mass is 35.5. The molecule has 2 aromatic heterocycles. The number of anilines is 1. The number of halogens is 1. The van der Waals surface area contributed by atoms with Crippen LogP contribution >= 0.6 is 22.9 Å². The Labute approximate surface area is 142 Å². The van der Waals surface area contributed by atoms with Crippen LogP contribution in [0, 0.1) is 6.92 Å². The maximum absolute atomic E-state index is 12.0. The maximum atomic E-state index is 12.0. The lowest BCUT2D eigenvalue weighted by atomic mass is 10.2. The predicted octanol–water partition coefficient (Wildman–Crippen LogP) is 4.00. The molecule has 0 saturated heterocycles. The van der Waals surface area contributed by atoms with Crippen LogP contribution < -0.4 is 5.32 Å². The summed E-state index contributed by atoms with van der Waals surface area (Å²) in [6.45, 7) is 2.51. The molecule has 0 aliphatic heterocycles. The lowest BCUT2D eigenvalue weighted by Crippen LogP contribution is -2.14. The molecule has 2 heterocycles. The first-order valence-electron chi connectivity index (χ1n) is 7.11. The standard InChI is InChI=1S/C16H15ClN4OS/c1-11-8-18-21(9-11)7-6-15(22)20-16-19-14(10-23-16)12-4-2-3-5-13(12)17/h2-5,8-10H,6-7H2,1H3,(H,19,20,22). The van der Waals surface area contributed by atoms with E-state index in [9.17, 15) is 4.79 Å². The quantitative estimate of drug-likeness (QED) is 0.759. The fourth-order valence-electron chi connectivity index (χ4n) is 2.11. The van der Waals surface area contributed by atoms with Crippen molar-refractivity contribution in [3.63, 3.8) is 0 Å². The van der Waals surface area contributed by atoms with Gasteiger partial charge in [0, 0.05) is 35.1 Å². The van der Waals surface area contributed by atoms with Crippen LogP contribution in [0.1, 0.15) is 12.0 Å². The molecule has 0 unspecified atom stereocenters. The van der Waals surface area contributed by atoms with Crippen LogP contribution in [0.4, 0.5) is 5.13 Å². The van der Waals surface area contributed by atoms with Crippen molar-refractivity contribution in [3.05, 3.63) is 52.6 Å². The van der Waals surface area contributed by atoms with E-state index < -0.39 is 0 Å². The van der Waals surface area contributed by atoms with Gasteiger partial charge in [0.1, 0.15) is 0 Å². The second-order valence-electron chi connectivity index (χ2n) is 5.10. The van der Waals surface area contributed by atoms with Crippen molar-refractivity contribution in [1.29, 1.82) is 0 Å². The average Bonchev–Trinajstić information content (AvgIpc) is 3.15. The van der Waals surface area contributed by atoms with Gasteiger partial charge in [-0.1, -0.05) is 29.8 Å². The van der Waals surface area contributed by atoms with Crippen LogP contribution in [-0.2, 0) is 11.3 Å². The Morgan fingerprint density at radius 3 is 2.96 bits per heavy atom. The normalized spacial score (nSPS) is 10.7. The minimum atomic E-state index is -0.0850. The molecular weight excluding hydrogens is 332 g/mol. The second kappa shape index (κ2) is 6.93. The highest BCUT2D eigenvalue weighted by Crippen LogP contribution is 2.30. The molecule has 3 rings (SSSR count). The van der Waals surface area contributed by atoms with Crippen LogP contribution in [0.5, 0.6) is 0 Å². The Balaban J connectivity index is 1.60. The van der Waals surface area contributed by atoms with Crippen molar-refractivity contribution in [1.82, 2.24) is 14.8 Å². The Morgan fingerprint density at radius 2 is 2.22 bits per heavy atom. The summed E-state index contributed by atoms with van der Waals surface area (Å²) in [6, 6.07) is 7.51. The molecule has 0 bridgehead atoms. The lowest BCUT2D eigenvalue weighted by molar-refractivity contribution is -0.116. The molecule has 0 atom stereocenters. The molecule has 0 aliphatic rings. The molecule has 0 radical (unpaired) electrons. The first-order valence-corrected chi connectivity index (χ1v) is 8.37. The van der Waals surface area contributed by atoms with Gasteiger partial charge in [0.25, 0.3) is 0 Å². The van der Waals surface area contributed by atoms with Crippen LogP contribution in [0.25, 0.3) is 11.3 Å². The predicted molar refractivity (Wildman–Crippen MR) is 92.8 cm³/mol. The summed E-state index contributed by atoms with van der Waals surface area (Å²) >= 11 is 7.54.